The number of anilines is 1. The van der Waals surface area contributed by atoms with E-state index in [1.165, 1.54) is 25.3 Å². The maximum absolute atomic E-state index is 12.3. The van der Waals surface area contributed by atoms with Gasteiger partial charge in [0, 0.05) is 30.4 Å². The molecular formula is C16H19F2N3O3. The minimum atomic E-state index is -2.94. The molecule has 0 atom stereocenters. The number of aromatic nitrogens is 2. The Labute approximate surface area is 138 Å². The molecular weight excluding hydrogens is 320 g/mol. The molecule has 0 saturated heterocycles. The van der Waals surface area contributed by atoms with E-state index in [-0.39, 0.29) is 23.8 Å². The molecule has 0 aliphatic carbocycles. The van der Waals surface area contributed by atoms with Crippen molar-refractivity contribution in [2.75, 3.05) is 12.4 Å². The van der Waals surface area contributed by atoms with Gasteiger partial charge in [-0.25, -0.2) is 0 Å². The first-order chi connectivity index (χ1) is 11.4. The summed E-state index contributed by atoms with van der Waals surface area (Å²) in [6.45, 7) is 1.32. The van der Waals surface area contributed by atoms with Crippen LogP contribution < -0.4 is 14.8 Å². The third-order valence-electron chi connectivity index (χ3n) is 3.32. The van der Waals surface area contributed by atoms with Gasteiger partial charge in [-0.1, -0.05) is 0 Å². The van der Waals surface area contributed by atoms with Crippen LogP contribution in [0, 0.1) is 13.8 Å². The number of nitrogens with zero attached hydrogens (tertiary/aromatic N) is 2. The zero-order valence-corrected chi connectivity index (χ0v) is 13.7. The molecule has 8 heteroatoms. The fourth-order valence-corrected chi connectivity index (χ4v) is 2.27. The van der Waals surface area contributed by atoms with Gasteiger partial charge in [0.1, 0.15) is 0 Å². The molecule has 1 aromatic carbocycles. The second-order valence-electron chi connectivity index (χ2n) is 5.19. The van der Waals surface area contributed by atoms with E-state index in [0.29, 0.717) is 12.2 Å². The summed E-state index contributed by atoms with van der Waals surface area (Å²) in [7, 11) is 1.34. The lowest BCUT2D eigenvalue weighted by Crippen LogP contribution is -2.15. The van der Waals surface area contributed by atoms with Gasteiger partial charge >= 0.3 is 6.61 Å². The number of nitrogens with one attached hydrogen (secondary N) is 1. The molecule has 0 unspecified atom stereocenters. The van der Waals surface area contributed by atoms with Gasteiger partial charge in [-0.2, -0.15) is 13.9 Å². The predicted molar refractivity (Wildman–Crippen MR) is 84.6 cm³/mol. The first-order valence-corrected chi connectivity index (χ1v) is 7.33. The summed E-state index contributed by atoms with van der Waals surface area (Å²) >= 11 is 0. The van der Waals surface area contributed by atoms with Crippen molar-refractivity contribution in [2.45, 2.75) is 33.4 Å². The third kappa shape index (κ3) is 4.68. The van der Waals surface area contributed by atoms with Crippen LogP contribution in [0.2, 0.25) is 0 Å². The molecule has 0 spiro atoms. The molecule has 0 radical (unpaired) electrons. The molecule has 0 fully saturated rings. The van der Waals surface area contributed by atoms with Crippen LogP contribution in [0.25, 0.3) is 0 Å². The number of halogens is 2. The fourth-order valence-electron chi connectivity index (χ4n) is 2.27. The highest BCUT2D eigenvalue weighted by Gasteiger charge is 2.12. The van der Waals surface area contributed by atoms with Gasteiger partial charge in [0.15, 0.2) is 11.5 Å². The number of benzene rings is 1. The van der Waals surface area contributed by atoms with E-state index < -0.39 is 6.61 Å². The van der Waals surface area contributed by atoms with Gasteiger partial charge in [-0.05, 0) is 32.0 Å². The van der Waals surface area contributed by atoms with E-state index in [0.717, 1.165) is 11.4 Å². The average molecular weight is 339 g/mol. The lowest BCUT2D eigenvalue weighted by Gasteiger charge is -2.12. The van der Waals surface area contributed by atoms with E-state index >= 15 is 0 Å². The highest BCUT2D eigenvalue weighted by molar-refractivity contribution is 5.91. The summed E-state index contributed by atoms with van der Waals surface area (Å²) in [5.41, 5.74) is 2.31. The van der Waals surface area contributed by atoms with Crippen LogP contribution in [0.1, 0.15) is 17.8 Å². The number of hydrogen-bond acceptors (Lipinski definition) is 4. The lowest BCUT2D eigenvalue weighted by atomic mass is 10.2. The third-order valence-corrected chi connectivity index (χ3v) is 3.32. The largest absolute Gasteiger partial charge is 0.493 e. The van der Waals surface area contributed by atoms with Crippen molar-refractivity contribution in [3.63, 3.8) is 0 Å². The molecule has 0 saturated carbocycles. The highest BCUT2D eigenvalue weighted by atomic mass is 19.3. The van der Waals surface area contributed by atoms with Crippen molar-refractivity contribution < 1.29 is 23.0 Å². The summed E-state index contributed by atoms with van der Waals surface area (Å²) < 4.78 is 35.7. The van der Waals surface area contributed by atoms with Crippen molar-refractivity contribution in [1.29, 1.82) is 0 Å². The minimum Gasteiger partial charge on any atom is -0.493 e. The van der Waals surface area contributed by atoms with Crippen molar-refractivity contribution >= 4 is 11.6 Å². The van der Waals surface area contributed by atoms with Gasteiger partial charge in [-0.3, -0.25) is 9.48 Å². The van der Waals surface area contributed by atoms with Gasteiger partial charge in [0.05, 0.1) is 12.8 Å². The summed E-state index contributed by atoms with van der Waals surface area (Å²) in [5, 5.41) is 6.98. The Balaban J connectivity index is 1.97. The van der Waals surface area contributed by atoms with E-state index in [4.69, 9.17) is 4.74 Å². The van der Waals surface area contributed by atoms with Crippen LogP contribution in [-0.4, -0.2) is 29.4 Å². The Kier molecular flexibility index (Phi) is 5.73. The topological polar surface area (TPSA) is 65.4 Å². The van der Waals surface area contributed by atoms with Crippen molar-refractivity contribution in [1.82, 2.24) is 9.78 Å². The summed E-state index contributed by atoms with van der Waals surface area (Å²) in [5.74, 6) is -0.188. The van der Waals surface area contributed by atoms with Gasteiger partial charge in [-0.15, -0.1) is 0 Å². The lowest BCUT2D eigenvalue weighted by molar-refractivity contribution is -0.116. The zero-order valence-electron chi connectivity index (χ0n) is 13.7. The SMILES string of the molecule is COc1cc(NC(=O)CCn2nc(C)cc2C)ccc1OC(F)F. The maximum atomic E-state index is 12.3. The van der Waals surface area contributed by atoms with Crippen LogP contribution >= 0.6 is 0 Å². The van der Waals surface area contributed by atoms with Crippen LogP contribution in [0.4, 0.5) is 14.5 Å². The Bertz CT molecular complexity index is 717. The second kappa shape index (κ2) is 7.76. The molecule has 1 amide bonds. The summed E-state index contributed by atoms with van der Waals surface area (Å²) in [6.07, 6.45) is 0.236. The Morgan fingerprint density at radius 3 is 2.62 bits per heavy atom. The number of amides is 1. The Hall–Kier alpha value is -2.64. The smallest absolute Gasteiger partial charge is 0.387 e. The van der Waals surface area contributed by atoms with Crippen LogP contribution in [0.15, 0.2) is 24.3 Å². The standard InChI is InChI=1S/C16H19F2N3O3/c1-10-8-11(2)21(20-10)7-6-15(22)19-12-4-5-13(24-16(17)18)14(9-12)23-3/h4-5,8-9,16H,6-7H2,1-3H3,(H,19,22). The monoisotopic (exact) mass is 339 g/mol. The van der Waals surface area contributed by atoms with Crippen molar-refractivity contribution in [3.05, 3.63) is 35.7 Å². The molecule has 24 heavy (non-hydrogen) atoms. The van der Waals surface area contributed by atoms with Crippen LogP contribution in [0.5, 0.6) is 11.5 Å². The van der Waals surface area contributed by atoms with Gasteiger partial charge in [0.25, 0.3) is 0 Å². The first kappa shape index (κ1) is 17.7. The molecule has 130 valence electrons. The molecule has 1 N–H and O–H groups in total. The number of methoxy groups -OCH3 is 1. The molecule has 1 heterocycles. The predicted octanol–water partition coefficient (Wildman–Crippen LogP) is 3.14. The van der Waals surface area contributed by atoms with Crippen molar-refractivity contribution in [3.8, 4) is 11.5 Å². The number of rotatable bonds is 7. The van der Waals surface area contributed by atoms with E-state index in [1.807, 2.05) is 19.9 Å². The average Bonchev–Trinajstić information content (AvgIpc) is 2.84. The maximum Gasteiger partial charge on any atom is 0.387 e. The van der Waals surface area contributed by atoms with Crippen molar-refractivity contribution in [2.24, 2.45) is 0 Å². The van der Waals surface area contributed by atoms with Gasteiger partial charge in [0.2, 0.25) is 5.91 Å². The molecule has 2 rings (SSSR count). The first-order valence-electron chi connectivity index (χ1n) is 7.33. The second-order valence-corrected chi connectivity index (χ2v) is 5.19. The molecule has 6 nitrogen and oxygen atoms in total. The zero-order chi connectivity index (χ0) is 17.7. The number of ether oxygens (including phenoxy) is 2. The van der Waals surface area contributed by atoms with Crippen LogP contribution in [-0.2, 0) is 11.3 Å². The van der Waals surface area contributed by atoms with E-state index in [9.17, 15) is 13.6 Å². The Morgan fingerprint density at radius 2 is 2.04 bits per heavy atom. The summed E-state index contributed by atoms with van der Waals surface area (Å²) in [4.78, 5) is 12.0. The van der Waals surface area contributed by atoms with E-state index in [2.05, 4.69) is 15.2 Å². The Morgan fingerprint density at radius 1 is 1.29 bits per heavy atom. The van der Waals surface area contributed by atoms with E-state index in [1.54, 1.807) is 4.68 Å². The van der Waals surface area contributed by atoms with Crippen LogP contribution in [0.3, 0.4) is 0 Å². The fraction of sp³-hybridized carbons (Fsp3) is 0.375. The number of alkyl halides is 2. The number of carbonyl (C=O) groups is 1. The quantitative estimate of drug-likeness (QED) is 0.842. The minimum absolute atomic E-state index is 0.0897. The number of carbonyl (C=O) groups excluding carboxylic acids is 1. The molecule has 1 aromatic heterocycles. The van der Waals surface area contributed by atoms with Gasteiger partial charge < -0.3 is 14.8 Å². The number of hydrogen-bond donors (Lipinski definition) is 1. The molecule has 2 aromatic rings. The normalized spacial score (nSPS) is 10.8. The molecule has 0 aliphatic rings. The molecule has 0 bridgehead atoms. The highest BCUT2D eigenvalue weighted by Crippen LogP contribution is 2.31. The molecule has 0 aliphatic heterocycles. The number of aryl methyl sites for hydroxylation is 3. The summed E-state index contributed by atoms with van der Waals surface area (Å²) in [6, 6.07) is 6.16.